The maximum atomic E-state index is 10.5. The van der Waals surface area contributed by atoms with E-state index in [0.717, 1.165) is 11.6 Å². The summed E-state index contributed by atoms with van der Waals surface area (Å²) in [7, 11) is 0. The normalized spacial score (nSPS) is 12.6. The fourth-order valence-electron chi connectivity index (χ4n) is 1.70. The number of carbonyl (C=O) groups is 1. The zero-order chi connectivity index (χ0) is 12.7. The molecular formula is C12H20N2O2S. The molecule has 0 aromatic carbocycles. The number of aromatic nitrogens is 2. The molecule has 96 valence electrons. The molecule has 1 aromatic heterocycles. The van der Waals surface area contributed by atoms with Gasteiger partial charge in [-0.3, -0.25) is 4.79 Å². The number of unbranched alkanes of at least 4 members (excludes halogenated alkanes) is 2. The van der Waals surface area contributed by atoms with Gasteiger partial charge in [-0.25, -0.2) is 4.98 Å². The van der Waals surface area contributed by atoms with E-state index in [9.17, 15) is 4.79 Å². The van der Waals surface area contributed by atoms with E-state index >= 15 is 0 Å². The minimum atomic E-state index is -0.803. The average molecular weight is 256 g/mol. The first-order valence-electron chi connectivity index (χ1n) is 6.02. The Morgan fingerprint density at radius 1 is 1.59 bits per heavy atom. The van der Waals surface area contributed by atoms with Crippen molar-refractivity contribution in [2.75, 3.05) is 5.75 Å². The van der Waals surface area contributed by atoms with Gasteiger partial charge in [-0.15, -0.1) is 0 Å². The van der Waals surface area contributed by atoms with Gasteiger partial charge in [0.2, 0.25) is 0 Å². The largest absolute Gasteiger partial charge is 0.481 e. The van der Waals surface area contributed by atoms with Crippen molar-refractivity contribution >= 4 is 17.7 Å². The highest BCUT2D eigenvalue weighted by Crippen LogP contribution is 2.23. The lowest BCUT2D eigenvalue weighted by Gasteiger charge is -2.15. The molecule has 0 saturated heterocycles. The lowest BCUT2D eigenvalue weighted by Crippen LogP contribution is -2.07. The van der Waals surface area contributed by atoms with Crippen molar-refractivity contribution in [1.29, 1.82) is 0 Å². The molecule has 0 aliphatic heterocycles. The lowest BCUT2D eigenvalue weighted by molar-refractivity contribution is -0.133. The summed E-state index contributed by atoms with van der Waals surface area (Å²) in [5, 5.41) is 9.46. The van der Waals surface area contributed by atoms with Gasteiger partial charge >= 0.3 is 5.97 Å². The van der Waals surface area contributed by atoms with Crippen LogP contribution in [0, 0.1) is 0 Å². The second-order valence-corrected chi connectivity index (χ2v) is 5.09. The minimum absolute atomic E-state index is 0.0681. The van der Waals surface area contributed by atoms with Crippen LogP contribution in [0.25, 0.3) is 0 Å². The molecule has 1 rings (SSSR count). The summed E-state index contributed by atoms with van der Waals surface area (Å²) in [6, 6.07) is 0.389. The van der Waals surface area contributed by atoms with Crippen molar-refractivity contribution in [2.24, 2.45) is 0 Å². The van der Waals surface area contributed by atoms with Crippen molar-refractivity contribution in [3.8, 4) is 0 Å². The van der Waals surface area contributed by atoms with E-state index in [-0.39, 0.29) is 5.75 Å². The van der Waals surface area contributed by atoms with Gasteiger partial charge in [0.05, 0.1) is 5.75 Å². The Bertz CT molecular complexity index is 352. The lowest BCUT2D eigenvalue weighted by atomic mass is 10.1. The first kappa shape index (κ1) is 14.1. The summed E-state index contributed by atoms with van der Waals surface area (Å²) in [6.07, 6.45) is 8.46. The molecule has 1 heterocycles. The second kappa shape index (κ2) is 7.37. The molecule has 0 radical (unpaired) electrons. The molecule has 0 spiro atoms. The van der Waals surface area contributed by atoms with Crippen LogP contribution in [0.4, 0.5) is 0 Å². The molecule has 17 heavy (non-hydrogen) atoms. The van der Waals surface area contributed by atoms with E-state index < -0.39 is 5.97 Å². The number of carboxylic acid groups (broad SMARTS) is 1. The number of rotatable bonds is 8. The zero-order valence-electron chi connectivity index (χ0n) is 10.4. The summed E-state index contributed by atoms with van der Waals surface area (Å²) in [6.45, 7) is 4.35. The Labute approximate surface area is 106 Å². The van der Waals surface area contributed by atoms with E-state index in [4.69, 9.17) is 5.11 Å². The summed E-state index contributed by atoms with van der Waals surface area (Å²) < 4.78 is 2.07. The van der Waals surface area contributed by atoms with Gasteiger partial charge in [-0.2, -0.15) is 0 Å². The predicted molar refractivity (Wildman–Crippen MR) is 69.4 cm³/mol. The third kappa shape index (κ3) is 4.81. The fraction of sp³-hybridized carbons (Fsp3) is 0.667. The van der Waals surface area contributed by atoms with Crippen molar-refractivity contribution in [1.82, 2.24) is 9.55 Å². The Kier molecular flexibility index (Phi) is 6.11. The molecular weight excluding hydrogens is 236 g/mol. The van der Waals surface area contributed by atoms with Crippen molar-refractivity contribution in [3.05, 3.63) is 12.4 Å². The standard InChI is InChI=1S/C12H20N2O2S/c1-3-4-5-6-10(2)14-8-7-13-12(14)17-9-11(15)16/h7-8,10H,3-6,9H2,1-2H3,(H,15,16). The van der Waals surface area contributed by atoms with Crippen LogP contribution in [0.1, 0.15) is 45.6 Å². The molecule has 0 amide bonds. The molecule has 4 nitrogen and oxygen atoms in total. The average Bonchev–Trinajstić information content (AvgIpc) is 2.74. The second-order valence-electron chi connectivity index (χ2n) is 4.14. The molecule has 1 N–H and O–H groups in total. The van der Waals surface area contributed by atoms with E-state index in [1.165, 1.54) is 31.0 Å². The summed E-state index contributed by atoms with van der Waals surface area (Å²) in [5.41, 5.74) is 0. The number of hydrogen-bond donors (Lipinski definition) is 1. The van der Waals surface area contributed by atoms with Crippen LogP contribution < -0.4 is 0 Å². The first-order valence-corrected chi connectivity index (χ1v) is 7.01. The van der Waals surface area contributed by atoms with Crippen molar-refractivity contribution < 1.29 is 9.90 Å². The summed E-state index contributed by atoms with van der Waals surface area (Å²) in [5.74, 6) is -0.734. The highest BCUT2D eigenvalue weighted by molar-refractivity contribution is 7.99. The van der Waals surface area contributed by atoms with Crippen LogP contribution in [0.2, 0.25) is 0 Å². The fourth-order valence-corrected chi connectivity index (χ4v) is 2.48. The van der Waals surface area contributed by atoms with E-state index in [1.54, 1.807) is 6.20 Å². The number of nitrogens with zero attached hydrogens (tertiary/aromatic N) is 2. The Hall–Kier alpha value is -0.970. The van der Waals surface area contributed by atoms with Crippen LogP contribution in [0.15, 0.2) is 17.6 Å². The van der Waals surface area contributed by atoms with Gasteiger partial charge in [-0.1, -0.05) is 37.9 Å². The predicted octanol–water partition coefficient (Wildman–Crippen LogP) is 3.20. The maximum absolute atomic E-state index is 10.5. The van der Waals surface area contributed by atoms with E-state index in [2.05, 4.69) is 23.4 Å². The smallest absolute Gasteiger partial charge is 0.313 e. The molecule has 1 atom stereocenters. The summed E-state index contributed by atoms with van der Waals surface area (Å²) in [4.78, 5) is 14.7. The van der Waals surface area contributed by atoms with Gasteiger partial charge in [0.25, 0.3) is 0 Å². The Balaban J connectivity index is 2.51. The quantitative estimate of drug-likeness (QED) is 0.573. The van der Waals surface area contributed by atoms with Gasteiger partial charge in [-0.05, 0) is 13.3 Å². The summed E-state index contributed by atoms with van der Waals surface area (Å²) >= 11 is 1.28. The number of thioether (sulfide) groups is 1. The molecule has 0 saturated carbocycles. The molecule has 0 aliphatic carbocycles. The third-order valence-electron chi connectivity index (χ3n) is 2.66. The van der Waals surface area contributed by atoms with Gasteiger partial charge in [0, 0.05) is 18.4 Å². The first-order chi connectivity index (χ1) is 8.15. The van der Waals surface area contributed by atoms with Gasteiger partial charge in [0.1, 0.15) is 0 Å². The molecule has 0 fully saturated rings. The van der Waals surface area contributed by atoms with E-state index in [1.807, 2.05) is 6.20 Å². The number of carboxylic acids is 1. The number of aliphatic carboxylic acids is 1. The number of imidazole rings is 1. The van der Waals surface area contributed by atoms with Crippen LogP contribution in [-0.2, 0) is 4.79 Å². The molecule has 5 heteroatoms. The van der Waals surface area contributed by atoms with Crippen molar-refractivity contribution in [3.63, 3.8) is 0 Å². The maximum Gasteiger partial charge on any atom is 0.313 e. The third-order valence-corrected chi connectivity index (χ3v) is 3.62. The van der Waals surface area contributed by atoms with E-state index in [0.29, 0.717) is 6.04 Å². The van der Waals surface area contributed by atoms with Crippen LogP contribution in [-0.4, -0.2) is 26.4 Å². The SMILES string of the molecule is CCCCCC(C)n1ccnc1SCC(=O)O. The molecule has 1 unspecified atom stereocenters. The minimum Gasteiger partial charge on any atom is -0.481 e. The van der Waals surface area contributed by atoms with Crippen LogP contribution in [0.3, 0.4) is 0 Å². The van der Waals surface area contributed by atoms with Gasteiger partial charge in [0.15, 0.2) is 5.16 Å². The van der Waals surface area contributed by atoms with Crippen LogP contribution >= 0.6 is 11.8 Å². The molecule has 0 aliphatic rings. The highest BCUT2D eigenvalue weighted by atomic mass is 32.2. The van der Waals surface area contributed by atoms with Crippen LogP contribution in [0.5, 0.6) is 0 Å². The zero-order valence-corrected chi connectivity index (χ0v) is 11.2. The highest BCUT2D eigenvalue weighted by Gasteiger charge is 2.11. The Morgan fingerprint density at radius 3 is 3.00 bits per heavy atom. The molecule has 1 aromatic rings. The van der Waals surface area contributed by atoms with Crippen molar-refractivity contribution in [2.45, 2.75) is 50.7 Å². The monoisotopic (exact) mass is 256 g/mol. The molecule has 0 bridgehead atoms. The van der Waals surface area contributed by atoms with Gasteiger partial charge < -0.3 is 9.67 Å². The number of hydrogen-bond acceptors (Lipinski definition) is 3. The Morgan fingerprint density at radius 2 is 2.35 bits per heavy atom. The topological polar surface area (TPSA) is 55.1 Å².